The zero-order valence-electron chi connectivity index (χ0n) is 14.0. The van der Waals surface area contributed by atoms with Gasteiger partial charge in [-0.25, -0.2) is 4.98 Å². The average Bonchev–Trinajstić information content (AvgIpc) is 3.11. The van der Waals surface area contributed by atoms with Crippen LogP contribution in [0.4, 0.5) is 0 Å². The van der Waals surface area contributed by atoms with Crippen molar-refractivity contribution in [2.45, 2.75) is 38.1 Å². The first-order valence-corrected chi connectivity index (χ1v) is 9.65. The normalized spacial score (nSPS) is 20.5. The topological polar surface area (TPSA) is 54.9 Å². The molecule has 1 aromatic carbocycles. The van der Waals surface area contributed by atoms with Gasteiger partial charge in [-0.05, 0) is 36.6 Å². The highest BCUT2D eigenvalue weighted by Crippen LogP contribution is 2.40. The summed E-state index contributed by atoms with van der Waals surface area (Å²) in [6, 6.07) is 12.1. The second-order valence-corrected chi connectivity index (χ2v) is 7.66. The van der Waals surface area contributed by atoms with E-state index >= 15 is 0 Å². The first-order valence-electron chi connectivity index (χ1n) is 8.83. The van der Waals surface area contributed by atoms with E-state index in [0.717, 1.165) is 35.4 Å². The lowest BCUT2D eigenvalue weighted by Gasteiger charge is -2.29. The number of amides is 1. The van der Waals surface area contributed by atoms with E-state index in [9.17, 15) is 4.79 Å². The zero-order valence-corrected chi connectivity index (χ0v) is 14.8. The van der Waals surface area contributed by atoms with Crippen molar-refractivity contribution in [2.24, 2.45) is 5.92 Å². The number of benzene rings is 1. The van der Waals surface area contributed by atoms with Crippen molar-refractivity contribution >= 4 is 27.5 Å². The van der Waals surface area contributed by atoms with Crippen molar-refractivity contribution < 1.29 is 4.79 Å². The van der Waals surface area contributed by atoms with Crippen LogP contribution >= 0.6 is 11.3 Å². The molecule has 1 aliphatic carbocycles. The van der Waals surface area contributed by atoms with Gasteiger partial charge >= 0.3 is 0 Å². The lowest BCUT2D eigenvalue weighted by molar-refractivity contribution is -0.126. The van der Waals surface area contributed by atoms with Crippen molar-refractivity contribution in [2.75, 3.05) is 0 Å². The summed E-state index contributed by atoms with van der Waals surface area (Å²) < 4.78 is 1.21. The van der Waals surface area contributed by atoms with E-state index in [0.29, 0.717) is 6.54 Å². The van der Waals surface area contributed by atoms with Crippen molar-refractivity contribution in [1.29, 1.82) is 0 Å². The minimum atomic E-state index is 0.0194. The molecule has 1 fully saturated rings. The van der Waals surface area contributed by atoms with E-state index in [1.165, 1.54) is 11.1 Å². The molecule has 4 rings (SSSR count). The minimum Gasteiger partial charge on any atom is -0.352 e. The van der Waals surface area contributed by atoms with Gasteiger partial charge in [0.1, 0.15) is 0 Å². The number of hydrogen-bond donors (Lipinski definition) is 1. The highest BCUT2D eigenvalue weighted by molar-refractivity contribution is 7.18. The van der Waals surface area contributed by atoms with Crippen LogP contribution in [0, 0.1) is 5.92 Å². The Morgan fingerprint density at radius 1 is 1.16 bits per heavy atom. The molecule has 1 aliphatic rings. The van der Waals surface area contributed by atoms with Gasteiger partial charge in [0.25, 0.3) is 0 Å². The Morgan fingerprint density at radius 3 is 2.88 bits per heavy atom. The number of para-hydroxylation sites is 1. The summed E-state index contributed by atoms with van der Waals surface area (Å²) >= 11 is 1.74. The number of nitrogens with zero attached hydrogens (tertiary/aromatic N) is 2. The quantitative estimate of drug-likeness (QED) is 0.763. The Kier molecular flexibility index (Phi) is 4.74. The van der Waals surface area contributed by atoms with E-state index < -0.39 is 0 Å². The molecule has 0 saturated heterocycles. The third-order valence-corrected chi connectivity index (χ3v) is 6.09. The van der Waals surface area contributed by atoms with Gasteiger partial charge in [-0.1, -0.05) is 31.0 Å². The molecule has 25 heavy (non-hydrogen) atoms. The highest BCUT2D eigenvalue weighted by atomic mass is 32.1. The molecule has 2 atom stereocenters. The van der Waals surface area contributed by atoms with Gasteiger partial charge in [0.05, 0.1) is 15.2 Å². The van der Waals surface area contributed by atoms with E-state index in [1.807, 2.05) is 24.3 Å². The molecule has 2 heterocycles. The summed E-state index contributed by atoms with van der Waals surface area (Å²) in [5.41, 5.74) is 2.07. The molecular formula is C20H21N3OS. The predicted molar refractivity (Wildman–Crippen MR) is 100 cm³/mol. The zero-order chi connectivity index (χ0) is 17.1. The smallest absolute Gasteiger partial charge is 0.224 e. The maximum atomic E-state index is 12.8. The number of pyridine rings is 1. The summed E-state index contributed by atoms with van der Waals surface area (Å²) in [5.74, 6) is 0.402. The van der Waals surface area contributed by atoms with Crippen LogP contribution in [0.15, 0.2) is 48.8 Å². The van der Waals surface area contributed by atoms with Crippen LogP contribution in [0.5, 0.6) is 0 Å². The molecule has 4 nitrogen and oxygen atoms in total. The van der Waals surface area contributed by atoms with Gasteiger partial charge in [0, 0.05) is 30.8 Å². The molecule has 128 valence electrons. The molecule has 1 amide bonds. The molecule has 2 aromatic heterocycles. The van der Waals surface area contributed by atoms with E-state index in [-0.39, 0.29) is 17.7 Å². The predicted octanol–water partition coefficient (Wildman–Crippen LogP) is 4.28. The molecule has 3 aromatic rings. The van der Waals surface area contributed by atoms with Crippen LogP contribution in [0.25, 0.3) is 10.2 Å². The standard InChI is InChI=1S/C20H21N3OS/c24-19(22-13-14-6-5-11-21-12-14)15-7-1-2-8-16(15)20-23-17-9-3-4-10-18(17)25-20/h3-6,9-12,15-16H,1-2,7-8,13H2,(H,22,24)/t15-,16+/m0/s1. The summed E-state index contributed by atoms with van der Waals surface area (Å²) in [6.45, 7) is 0.537. The number of hydrogen-bond acceptors (Lipinski definition) is 4. The van der Waals surface area contributed by atoms with Crippen molar-refractivity contribution in [3.8, 4) is 0 Å². The number of aromatic nitrogens is 2. The Morgan fingerprint density at radius 2 is 2.04 bits per heavy atom. The highest BCUT2D eigenvalue weighted by Gasteiger charge is 2.33. The van der Waals surface area contributed by atoms with Gasteiger partial charge in [0.2, 0.25) is 5.91 Å². The summed E-state index contributed by atoms with van der Waals surface area (Å²) in [6.07, 6.45) is 7.82. The first kappa shape index (κ1) is 16.2. The number of nitrogens with one attached hydrogen (secondary N) is 1. The Bertz CT molecular complexity index is 829. The van der Waals surface area contributed by atoms with Crippen LogP contribution < -0.4 is 5.32 Å². The fourth-order valence-corrected chi connectivity index (χ4v) is 4.78. The molecule has 0 spiro atoms. The van der Waals surface area contributed by atoms with Crippen molar-refractivity contribution in [1.82, 2.24) is 15.3 Å². The van der Waals surface area contributed by atoms with Gasteiger partial charge in [-0.15, -0.1) is 11.3 Å². The molecule has 0 aliphatic heterocycles. The lowest BCUT2D eigenvalue weighted by atomic mass is 9.79. The van der Waals surface area contributed by atoms with E-state index in [1.54, 1.807) is 23.7 Å². The second kappa shape index (κ2) is 7.31. The Balaban J connectivity index is 1.51. The van der Waals surface area contributed by atoms with Gasteiger partial charge < -0.3 is 5.32 Å². The summed E-state index contributed by atoms with van der Waals surface area (Å²) in [7, 11) is 0. The SMILES string of the molecule is O=C(NCc1cccnc1)[C@H]1CCCC[C@H]1c1nc2ccccc2s1. The Hall–Kier alpha value is -2.27. The van der Waals surface area contributed by atoms with Gasteiger partial charge in [-0.2, -0.15) is 0 Å². The molecule has 0 unspecified atom stereocenters. The van der Waals surface area contributed by atoms with Crippen LogP contribution in [0.1, 0.15) is 42.2 Å². The van der Waals surface area contributed by atoms with Gasteiger partial charge in [-0.3, -0.25) is 9.78 Å². The largest absolute Gasteiger partial charge is 0.352 e. The van der Waals surface area contributed by atoms with Crippen LogP contribution in [0.2, 0.25) is 0 Å². The first-order chi connectivity index (χ1) is 12.3. The number of carbonyl (C=O) groups excluding carboxylic acids is 1. The fourth-order valence-electron chi connectivity index (χ4n) is 3.61. The molecule has 0 radical (unpaired) electrons. The Labute approximate surface area is 151 Å². The third kappa shape index (κ3) is 3.56. The number of thiazole rings is 1. The molecule has 1 saturated carbocycles. The number of rotatable bonds is 4. The third-order valence-electron chi connectivity index (χ3n) is 4.92. The van der Waals surface area contributed by atoms with Crippen LogP contribution in [0.3, 0.4) is 0 Å². The molecule has 5 heteroatoms. The maximum absolute atomic E-state index is 12.8. The summed E-state index contributed by atoms with van der Waals surface area (Å²) in [5, 5.41) is 4.21. The van der Waals surface area contributed by atoms with Crippen molar-refractivity contribution in [3.63, 3.8) is 0 Å². The van der Waals surface area contributed by atoms with E-state index in [4.69, 9.17) is 4.98 Å². The van der Waals surface area contributed by atoms with Crippen LogP contribution in [-0.2, 0) is 11.3 Å². The monoisotopic (exact) mass is 351 g/mol. The second-order valence-electron chi connectivity index (χ2n) is 6.60. The van der Waals surface area contributed by atoms with Gasteiger partial charge in [0.15, 0.2) is 0 Å². The molecule has 1 N–H and O–H groups in total. The average molecular weight is 351 g/mol. The fraction of sp³-hybridized carbons (Fsp3) is 0.350. The van der Waals surface area contributed by atoms with E-state index in [2.05, 4.69) is 22.4 Å². The van der Waals surface area contributed by atoms with Crippen molar-refractivity contribution in [3.05, 3.63) is 59.4 Å². The number of carbonyl (C=O) groups is 1. The molecular weight excluding hydrogens is 330 g/mol. The summed E-state index contributed by atoms with van der Waals surface area (Å²) in [4.78, 5) is 21.7. The van der Waals surface area contributed by atoms with Crippen LogP contribution in [-0.4, -0.2) is 15.9 Å². The minimum absolute atomic E-state index is 0.0194. The maximum Gasteiger partial charge on any atom is 0.224 e. The number of fused-ring (bicyclic) bond motifs is 1. The lowest BCUT2D eigenvalue weighted by Crippen LogP contribution is -2.35. The molecule has 0 bridgehead atoms.